The molecule has 25 heavy (non-hydrogen) atoms. The average molecular weight is 363 g/mol. The third-order valence-corrected chi connectivity index (χ3v) is 5.10. The minimum Gasteiger partial charge on any atom is -0.497 e. The predicted molar refractivity (Wildman–Crippen MR) is 99.4 cm³/mol. The molecule has 1 saturated heterocycles. The SMILES string of the molecule is COc1ccc(COCC(O)CN2CCN(c3nccs3)CC2)cc1. The maximum absolute atomic E-state index is 10.2. The Labute approximate surface area is 152 Å². The van der Waals surface area contributed by atoms with Gasteiger partial charge in [-0.15, -0.1) is 11.3 Å². The van der Waals surface area contributed by atoms with Crippen LogP contribution in [-0.2, 0) is 11.3 Å². The lowest BCUT2D eigenvalue weighted by atomic mass is 10.2. The number of methoxy groups -OCH3 is 1. The van der Waals surface area contributed by atoms with Crippen molar-refractivity contribution in [1.82, 2.24) is 9.88 Å². The molecule has 1 aromatic heterocycles. The molecule has 1 unspecified atom stereocenters. The van der Waals surface area contributed by atoms with Gasteiger partial charge in [0.25, 0.3) is 0 Å². The Hall–Kier alpha value is -1.67. The van der Waals surface area contributed by atoms with E-state index in [1.807, 2.05) is 35.8 Å². The van der Waals surface area contributed by atoms with Gasteiger partial charge in [-0.3, -0.25) is 4.90 Å². The minimum atomic E-state index is -0.468. The first kappa shape index (κ1) is 18.1. The summed E-state index contributed by atoms with van der Waals surface area (Å²) in [6.07, 6.45) is 1.38. The van der Waals surface area contributed by atoms with Crippen LogP contribution in [0.25, 0.3) is 0 Å². The highest BCUT2D eigenvalue weighted by Gasteiger charge is 2.20. The maximum Gasteiger partial charge on any atom is 0.185 e. The first-order valence-electron chi connectivity index (χ1n) is 8.50. The molecule has 136 valence electrons. The lowest BCUT2D eigenvalue weighted by Crippen LogP contribution is -2.49. The highest BCUT2D eigenvalue weighted by molar-refractivity contribution is 7.13. The molecule has 0 amide bonds. The number of ether oxygens (including phenoxy) is 2. The molecule has 7 heteroatoms. The van der Waals surface area contributed by atoms with Crippen molar-refractivity contribution in [2.75, 3.05) is 51.3 Å². The molecule has 1 fully saturated rings. The number of nitrogens with zero attached hydrogens (tertiary/aromatic N) is 3. The van der Waals surface area contributed by atoms with Crippen LogP contribution in [0.15, 0.2) is 35.8 Å². The second-order valence-electron chi connectivity index (χ2n) is 6.12. The fourth-order valence-corrected chi connectivity index (χ4v) is 3.58. The summed E-state index contributed by atoms with van der Waals surface area (Å²) in [5.74, 6) is 0.834. The number of β-amino-alcohol motifs (C(OH)–C–C–N with tert-alkyl or cyclic N) is 1. The van der Waals surface area contributed by atoms with E-state index >= 15 is 0 Å². The lowest BCUT2D eigenvalue weighted by Gasteiger charge is -2.35. The van der Waals surface area contributed by atoms with Crippen LogP contribution in [0, 0.1) is 0 Å². The van der Waals surface area contributed by atoms with Crippen LogP contribution in [0.5, 0.6) is 5.75 Å². The first-order chi connectivity index (χ1) is 12.2. The zero-order valence-electron chi connectivity index (χ0n) is 14.5. The molecule has 0 aliphatic carbocycles. The van der Waals surface area contributed by atoms with E-state index in [4.69, 9.17) is 9.47 Å². The van der Waals surface area contributed by atoms with E-state index in [0.717, 1.165) is 42.6 Å². The van der Waals surface area contributed by atoms with Crippen molar-refractivity contribution in [2.45, 2.75) is 12.7 Å². The summed E-state index contributed by atoms with van der Waals surface area (Å²) < 4.78 is 10.8. The smallest absolute Gasteiger partial charge is 0.185 e. The Balaban J connectivity index is 1.33. The fourth-order valence-electron chi connectivity index (χ4n) is 2.88. The minimum absolute atomic E-state index is 0.346. The van der Waals surface area contributed by atoms with E-state index < -0.39 is 6.10 Å². The molecule has 1 aromatic carbocycles. The van der Waals surface area contributed by atoms with Crippen LogP contribution >= 0.6 is 11.3 Å². The summed E-state index contributed by atoms with van der Waals surface area (Å²) in [5, 5.41) is 13.3. The van der Waals surface area contributed by atoms with Gasteiger partial charge in [-0.1, -0.05) is 12.1 Å². The molecule has 6 nitrogen and oxygen atoms in total. The molecule has 1 aliphatic rings. The molecular weight excluding hydrogens is 338 g/mol. The van der Waals surface area contributed by atoms with Gasteiger partial charge in [0.05, 0.1) is 26.4 Å². The summed E-state index contributed by atoms with van der Waals surface area (Å²) in [4.78, 5) is 8.94. The Morgan fingerprint density at radius 3 is 2.60 bits per heavy atom. The van der Waals surface area contributed by atoms with Crippen molar-refractivity contribution in [3.8, 4) is 5.75 Å². The van der Waals surface area contributed by atoms with Gasteiger partial charge >= 0.3 is 0 Å². The molecule has 2 heterocycles. The topological polar surface area (TPSA) is 58.1 Å². The quantitative estimate of drug-likeness (QED) is 0.772. The lowest BCUT2D eigenvalue weighted by molar-refractivity contribution is 0.00913. The summed E-state index contributed by atoms with van der Waals surface area (Å²) in [6, 6.07) is 7.78. The largest absolute Gasteiger partial charge is 0.497 e. The van der Waals surface area contributed by atoms with Crippen molar-refractivity contribution in [1.29, 1.82) is 0 Å². The zero-order chi connectivity index (χ0) is 17.5. The Bertz CT molecular complexity index is 613. The number of aliphatic hydroxyl groups is 1. The zero-order valence-corrected chi connectivity index (χ0v) is 15.3. The van der Waals surface area contributed by atoms with Crippen LogP contribution in [0.4, 0.5) is 5.13 Å². The van der Waals surface area contributed by atoms with Crippen LogP contribution in [0.1, 0.15) is 5.56 Å². The highest BCUT2D eigenvalue weighted by atomic mass is 32.1. The van der Waals surface area contributed by atoms with Crippen molar-refractivity contribution in [3.05, 3.63) is 41.4 Å². The van der Waals surface area contributed by atoms with Crippen LogP contribution in [0.3, 0.4) is 0 Å². The summed E-state index contributed by atoms with van der Waals surface area (Å²) in [7, 11) is 1.65. The van der Waals surface area contributed by atoms with E-state index in [-0.39, 0.29) is 0 Å². The number of aliphatic hydroxyl groups excluding tert-OH is 1. The van der Waals surface area contributed by atoms with Gasteiger partial charge in [0.1, 0.15) is 5.75 Å². The molecule has 1 atom stereocenters. The molecule has 1 N–H and O–H groups in total. The van der Waals surface area contributed by atoms with E-state index in [2.05, 4.69) is 14.8 Å². The average Bonchev–Trinajstić information content (AvgIpc) is 3.18. The van der Waals surface area contributed by atoms with Crippen LogP contribution < -0.4 is 9.64 Å². The second-order valence-corrected chi connectivity index (χ2v) is 6.99. The van der Waals surface area contributed by atoms with E-state index in [0.29, 0.717) is 19.8 Å². The van der Waals surface area contributed by atoms with Crippen molar-refractivity contribution in [2.24, 2.45) is 0 Å². The summed E-state index contributed by atoms with van der Waals surface area (Å²) in [5.41, 5.74) is 1.07. The maximum atomic E-state index is 10.2. The fraction of sp³-hybridized carbons (Fsp3) is 0.500. The van der Waals surface area contributed by atoms with Gasteiger partial charge in [-0.05, 0) is 17.7 Å². The number of piperazine rings is 1. The molecule has 0 radical (unpaired) electrons. The normalized spacial score (nSPS) is 16.8. The third-order valence-electron chi connectivity index (χ3n) is 4.27. The van der Waals surface area contributed by atoms with Gasteiger partial charge in [-0.25, -0.2) is 4.98 Å². The van der Waals surface area contributed by atoms with Gasteiger partial charge in [-0.2, -0.15) is 0 Å². The van der Waals surface area contributed by atoms with Crippen LogP contribution in [0.2, 0.25) is 0 Å². The van der Waals surface area contributed by atoms with Gasteiger partial charge < -0.3 is 19.5 Å². The number of thiazole rings is 1. The number of aromatic nitrogens is 1. The molecule has 0 bridgehead atoms. The Morgan fingerprint density at radius 2 is 1.96 bits per heavy atom. The van der Waals surface area contributed by atoms with Gasteiger partial charge in [0.15, 0.2) is 5.13 Å². The summed E-state index contributed by atoms with van der Waals surface area (Å²) in [6.45, 7) is 5.27. The molecular formula is C18H25N3O3S. The van der Waals surface area contributed by atoms with Gasteiger partial charge in [0, 0.05) is 44.3 Å². The molecule has 0 spiro atoms. The van der Waals surface area contributed by atoms with Crippen molar-refractivity contribution in [3.63, 3.8) is 0 Å². The second kappa shape index (κ2) is 9.15. The number of hydrogen-bond acceptors (Lipinski definition) is 7. The van der Waals surface area contributed by atoms with E-state index in [1.165, 1.54) is 0 Å². The Morgan fingerprint density at radius 1 is 1.20 bits per heavy atom. The van der Waals surface area contributed by atoms with E-state index in [9.17, 15) is 5.11 Å². The highest BCUT2D eigenvalue weighted by Crippen LogP contribution is 2.19. The number of anilines is 1. The molecule has 1 aliphatic heterocycles. The number of benzene rings is 1. The van der Waals surface area contributed by atoms with Crippen molar-refractivity contribution >= 4 is 16.5 Å². The number of rotatable bonds is 8. The molecule has 0 saturated carbocycles. The van der Waals surface area contributed by atoms with Crippen molar-refractivity contribution < 1.29 is 14.6 Å². The standard InChI is InChI=1S/C18H25N3O3S/c1-23-17-4-2-15(3-5-17)13-24-14-16(22)12-20-7-9-21(10-8-20)18-19-6-11-25-18/h2-6,11,16,22H,7-10,12-14H2,1H3. The third kappa shape index (κ3) is 5.40. The Kier molecular flexibility index (Phi) is 6.63. The van der Waals surface area contributed by atoms with Crippen LogP contribution in [-0.4, -0.2) is 67.5 Å². The number of hydrogen-bond donors (Lipinski definition) is 1. The van der Waals surface area contributed by atoms with Gasteiger partial charge in [0.2, 0.25) is 0 Å². The molecule has 3 rings (SSSR count). The predicted octanol–water partition coefficient (Wildman–Crippen LogP) is 1.85. The molecule has 2 aromatic rings. The monoisotopic (exact) mass is 363 g/mol. The first-order valence-corrected chi connectivity index (χ1v) is 9.38. The van der Waals surface area contributed by atoms with E-state index in [1.54, 1.807) is 18.4 Å². The summed E-state index contributed by atoms with van der Waals surface area (Å²) >= 11 is 1.67.